The molecule has 2 unspecified atom stereocenters. The molecule has 4 heteroatoms. The minimum Gasteiger partial charge on any atom is -0.498 e. The smallest absolute Gasteiger partial charge is 0.150 e. The highest BCUT2D eigenvalue weighted by molar-refractivity contribution is 7.91. The van der Waals surface area contributed by atoms with Crippen LogP contribution in [0.2, 0.25) is 0 Å². The quantitative estimate of drug-likeness (QED) is 0.746. The van der Waals surface area contributed by atoms with E-state index in [9.17, 15) is 8.42 Å². The molecule has 110 valence electrons. The molecule has 2 rings (SSSR count). The molecule has 1 aliphatic carbocycles. The van der Waals surface area contributed by atoms with E-state index in [4.69, 9.17) is 4.74 Å². The van der Waals surface area contributed by atoms with Crippen molar-refractivity contribution in [1.82, 2.24) is 0 Å². The van der Waals surface area contributed by atoms with Gasteiger partial charge in [-0.25, -0.2) is 8.42 Å². The lowest BCUT2D eigenvalue weighted by molar-refractivity contribution is 0.104. The van der Waals surface area contributed by atoms with E-state index in [1.807, 2.05) is 13.2 Å². The fourth-order valence-electron chi connectivity index (χ4n) is 3.03. The number of rotatable bonds is 3. The Morgan fingerprint density at radius 1 is 1.16 bits per heavy atom. The monoisotopic (exact) mass is 286 g/mol. The molecule has 3 nitrogen and oxygen atoms in total. The van der Waals surface area contributed by atoms with Crippen molar-refractivity contribution in [3.05, 3.63) is 11.8 Å². The van der Waals surface area contributed by atoms with Gasteiger partial charge in [-0.2, -0.15) is 0 Å². The molecular formula is C15H26O3S. The summed E-state index contributed by atoms with van der Waals surface area (Å²) in [6.45, 7) is 2.02. The molecule has 1 heterocycles. The maximum Gasteiger partial charge on any atom is 0.150 e. The van der Waals surface area contributed by atoms with Gasteiger partial charge in [-0.15, -0.1) is 0 Å². The fraction of sp³-hybridized carbons (Fsp3) is 0.867. The van der Waals surface area contributed by atoms with Crippen LogP contribution in [0.1, 0.15) is 58.3 Å². The lowest BCUT2D eigenvalue weighted by atomic mass is 9.96. The summed E-state index contributed by atoms with van der Waals surface area (Å²) >= 11 is 0. The van der Waals surface area contributed by atoms with Gasteiger partial charge in [0.25, 0.3) is 0 Å². The third-order valence-electron chi connectivity index (χ3n) is 4.36. The summed E-state index contributed by atoms with van der Waals surface area (Å²) in [4.78, 5) is 0. The van der Waals surface area contributed by atoms with Crippen molar-refractivity contribution in [2.45, 2.75) is 64.4 Å². The molecule has 0 aromatic carbocycles. The third-order valence-corrected chi connectivity index (χ3v) is 6.20. The zero-order chi connectivity index (χ0) is 13.7. The minimum atomic E-state index is -2.86. The van der Waals surface area contributed by atoms with Gasteiger partial charge in [0.05, 0.1) is 23.9 Å². The molecule has 1 saturated carbocycles. The Hall–Kier alpha value is -0.510. The molecular weight excluding hydrogens is 260 g/mol. The van der Waals surface area contributed by atoms with Crippen LogP contribution < -0.4 is 0 Å². The molecule has 0 aromatic rings. The Kier molecular flexibility index (Phi) is 5.31. The average Bonchev–Trinajstić information content (AvgIpc) is 2.58. The topological polar surface area (TPSA) is 43.4 Å². The summed E-state index contributed by atoms with van der Waals surface area (Å²) in [5.41, 5.74) is 1.40. The number of ether oxygens (including phenoxy) is 1. The van der Waals surface area contributed by atoms with Crippen LogP contribution in [-0.4, -0.2) is 26.0 Å². The van der Waals surface area contributed by atoms with Crippen LogP contribution in [-0.2, 0) is 14.6 Å². The normalized spacial score (nSPS) is 29.3. The molecule has 2 aliphatic rings. The second-order valence-electron chi connectivity index (χ2n) is 6.05. The van der Waals surface area contributed by atoms with E-state index < -0.39 is 9.84 Å². The first-order valence-corrected chi connectivity index (χ1v) is 9.43. The van der Waals surface area contributed by atoms with E-state index in [2.05, 4.69) is 0 Å². The van der Waals surface area contributed by atoms with Crippen LogP contribution in [0.15, 0.2) is 11.8 Å². The lowest BCUT2D eigenvalue weighted by Gasteiger charge is -2.23. The van der Waals surface area contributed by atoms with Crippen LogP contribution in [0.25, 0.3) is 0 Å². The van der Waals surface area contributed by atoms with Gasteiger partial charge in [0.2, 0.25) is 0 Å². The number of hydrogen-bond donors (Lipinski definition) is 0. The van der Waals surface area contributed by atoms with Gasteiger partial charge in [0.1, 0.15) is 0 Å². The summed E-state index contributed by atoms with van der Waals surface area (Å²) in [7, 11) is -2.86. The molecule has 0 aromatic heterocycles. The Morgan fingerprint density at radius 3 is 2.63 bits per heavy atom. The summed E-state index contributed by atoms with van der Waals surface area (Å²) in [6, 6.07) is 0. The van der Waals surface area contributed by atoms with Crippen molar-refractivity contribution in [2.24, 2.45) is 5.92 Å². The maximum atomic E-state index is 11.8. The molecule has 0 N–H and O–H groups in total. The standard InChI is InChI=1S/C15H26O3S/c1-13(18-11-14-7-3-2-4-8-14)15-9-5-6-10-19(16,17)12-15/h11,13,15H,2-10,12H2,1H3. The van der Waals surface area contributed by atoms with E-state index >= 15 is 0 Å². The SMILES string of the molecule is CC(OC=C1CCCCC1)C1CCCCS(=O)(=O)C1. The highest BCUT2D eigenvalue weighted by Gasteiger charge is 2.27. The van der Waals surface area contributed by atoms with E-state index in [0.29, 0.717) is 11.5 Å². The summed E-state index contributed by atoms with van der Waals surface area (Å²) in [5, 5.41) is 0. The molecule has 0 bridgehead atoms. The van der Waals surface area contributed by atoms with Crippen LogP contribution >= 0.6 is 0 Å². The zero-order valence-corrected chi connectivity index (χ0v) is 12.8. The lowest BCUT2D eigenvalue weighted by Crippen LogP contribution is -2.26. The summed E-state index contributed by atoms with van der Waals surface area (Å²) in [5.74, 6) is 0.821. The minimum absolute atomic E-state index is 0.0160. The molecule has 2 fully saturated rings. The van der Waals surface area contributed by atoms with Crippen molar-refractivity contribution in [2.75, 3.05) is 11.5 Å². The molecule has 0 radical (unpaired) electrons. The van der Waals surface area contributed by atoms with Crippen molar-refractivity contribution >= 4 is 9.84 Å². The molecule has 1 saturated heterocycles. The first-order valence-electron chi connectivity index (χ1n) is 7.61. The first kappa shape index (κ1) is 14.9. The van der Waals surface area contributed by atoms with Crippen LogP contribution in [0.4, 0.5) is 0 Å². The highest BCUT2D eigenvalue weighted by atomic mass is 32.2. The van der Waals surface area contributed by atoms with Gasteiger partial charge in [-0.3, -0.25) is 0 Å². The molecule has 2 atom stereocenters. The second kappa shape index (κ2) is 6.78. The van der Waals surface area contributed by atoms with Crippen LogP contribution in [0.5, 0.6) is 0 Å². The predicted octanol–water partition coefficient (Wildman–Crippen LogP) is 3.45. The summed E-state index contributed by atoms with van der Waals surface area (Å²) in [6.07, 6.45) is 10.9. The number of hydrogen-bond acceptors (Lipinski definition) is 3. The van der Waals surface area contributed by atoms with E-state index in [-0.39, 0.29) is 12.0 Å². The van der Waals surface area contributed by atoms with Crippen LogP contribution in [0.3, 0.4) is 0 Å². The van der Waals surface area contributed by atoms with Crippen molar-refractivity contribution < 1.29 is 13.2 Å². The Bertz CT molecular complexity index is 403. The summed E-state index contributed by atoms with van der Waals surface area (Å²) < 4.78 is 29.5. The average molecular weight is 286 g/mol. The Balaban J connectivity index is 1.89. The largest absolute Gasteiger partial charge is 0.498 e. The number of allylic oxidation sites excluding steroid dienone is 1. The van der Waals surface area contributed by atoms with Crippen molar-refractivity contribution in [3.8, 4) is 0 Å². The van der Waals surface area contributed by atoms with Gasteiger partial charge in [-0.05, 0) is 51.0 Å². The molecule has 0 spiro atoms. The van der Waals surface area contributed by atoms with Crippen LogP contribution in [0, 0.1) is 5.92 Å². The Labute approximate surface area is 117 Å². The van der Waals surface area contributed by atoms with Gasteiger partial charge in [-0.1, -0.05) is 12.8 Å². The van der Waals surface area contributed by atoms with E-state index in [0.717, 1.165) is 32.1 Å². The predicted molar refractivity (Wildman–Crippen MR) is 77.7 cm³/mol. The maximum absolute atomic E-state index is 11.8. The van der Waals surface area contributed by atoms with Gasteiger partial charge in [0, 0.05) is 5.92 Å². The number of sulfone groups is 1. The van der Waals surface area contributed by atoms with E-state index in [1.165, 1.54) is 24.8 Å². The Morgan fingerprint density at radius 2 is 1.89 bits per heavy atom. The zero-order valence-electron chi connectivity index (χ0n) is 11.9. The first-order chi connectivity index (χ1) is 9.07. The van der Waals surface area contributed by atoms with Crippen molar-refractivity contribution in [3.63, 3.8) is 0 Å². The second-order valence-corrected chi connectivity index (χ2v) is 8.28. The van der Waals surface area contributed by atoms with Gasteiger partial charge < -0.3 is 4.74 Å². The molecule has 1 aliphatic heterocycles. The third kappa shape index (κ3) is 4.83. The van der Waals surface area contributed by atoms with Gasteiger partial charge >= 0.3 is 0 Å². The molecule has 0 amide bonds. The molecule has 19 heavy (non-hydrogen) atoms. The fourth-order valence-corrected chi connectivity index (χ4v) is 4.93. The van der Waals surface area contributed by atoms with Gasteiger partial charge in [0.15, 0.2) is 9.84 Å². The van der Waals surface area contributed by atoms with Crippen molar-refractivity contribution in [1.29, 1.82) is 0 Å². The highest BCUT2D eigenvalue weighted by Crippen LogP contribution is 2.26. The van der Waals surface area contributed by atoms with E-state index in [1.54, 1.807) is 0 Å².